The Hall–Kier alpha value is -2.26. The van der Waals surface area contributed by atoms with Crippen LogP contribution in [-0.4, -0.2) is 17.4 Å². The van der Waals surface area contributed by atoms with E-state index < -0.39 is 0 Å². The lowest BCUT2D eigenvalue weighted by atomic mass is 10.0. The summed E-state index contributed by atoms with van der Waals surface area (Å²) in [6.07, 6.45) is 1.71. The van der Waals surface area contributed by atoms with Gasteiger partial charge in [0.2, 0.25) is 0 Å². The third-order valence-electron chi connectivity index (χ3n) is 3.33. The average Bonchev–Trinajstić information content (AvgIpc) is 2.90. The van der Waals surface area contributed by atoms with Gasteiger partial charge in [0.1, 0.15) is 5.75 Å². The summed E-state index contributed by atoms with van der Waals surface area (Å²) in [4.78, 5) is 15.8. The van der Waals surface area contributed by atoms with Gasteiger partial charge in [-0.25, -0.2) is 0 Å². The van der Waals surface area contributed by atoms with E-state index in [1.165, 1.54) is 0 Å². The predicted octanol–water partition coefficient (Wildman–Crippen LogP) is 4.45. The van der Waals surface area contributed by atoms with Crippen molar-refractivity contribution in [3.8, 4) is 5.75 Å². The molecule has 0 aliphatic carbocycles. The molecule has 106 valence electrons. The smallest absolute Gasteiger partial charge is 0.196 e. The Kier molecular flexibility index (Phi) is 3.67. The molecule has 0 fully saturated rings. The number of H-pyrrole nitrogens is 1. The van der Waals surface area contributed by atoms with Crippen LogP contribution in [0.5, 0.6) is 5.75 Å². The Morgan fingerprint density at radius 2 is 2.00 bits per heavy atom. The zero-order valence-corrected chi connectivity index (χ0v) is 12.3. The molecule has 1 N–H and O–H groups in total. The van der Waals surface area contributed by atoms with Gasteiger partial charge in [-0.1, -0.05) is 23.7 Å². The van der Waals surface area contributed by atoms with Crippen LogP contribution >= 0.6 is 11.6 Å². The monoisotopic (exact) mass is 299 g/mol. The molecule has 1 aromatic heterocycles. The van der Waals surface area contributed by atoms with Gasteiger partial charge >= 0.3 is 0 Å². The SMILES string of the molecule is CCOc1ccc2[nH]cc(C(=O)c3ccccc3Cl)c2c1. The van der Waals surface area contributed by atoms with E-state index in [1.807, 2.05) is 31.2 Å². The molecular formula is C17H14ClNO2. The number of aromatic amines is 1. The number of nitrogens with one attached hydrogen (secondary N) is 1. The van der Waals surface area contributed by atoms with E-state index in [0.717, 1.165) is 16.7 Å². The van der Waals surface area contributed by atoms with Crippen LogP contribution < -0.4 is 4.74 Å². The number of ketones is 1. The maximum absolute atomic E-state index is 12.7. The van der Waals surface area contributed by atoms with Gasteiger partial charge in [-0.15, -0.1) is 0 Å². The number of rotatable bonds is 4. The lowest BCUT2D eigenvalue weighted by molar-refractivity contribution is 0.104. The topological polar surface area (TPSA) is 42.1 Å². The summed E-state index contributed by atoms with van der Waals surface area (Å²) >= 11 is 6.11. The average molecular weight is 300 g/mol. The maximum atomic E-state index is 12.7. The molecule has 0 atom stereocenters. The second kappa shape index (κ2) is 5.62. The van der Waals surface area contributed by atoms with Gasteiger partial charge in [-0.2, -0.15) is 0 Å². The van der Waals surface area contributed by atoms with Gasteiger partial charge in [0.15, 0.2) is 5.78 Å². The molecule has 0 aliphatic rings. The standard InChI is InChI=1S/C17H14ClNO2/c1-2-21-11-7-8-16-13(9-11)14(10-19-16)17(20)12-5-3-4-6-15(12)18/h3-10,19H,2H2,1H3. The minimum absolute atomic E-state index is 0.0968. The molecule has 0 saturated carbocycles. The summed E-state index contributed by atoms with van der Waals surface area (Å²) < 4.78 is 5.50. The van der Waals surface area contributed by atoms with Crippen molar-refractivity contribution in [2.75, 3.05) is 6.61 Å². The maximum Gasteiger partial charge on any atom is 0.196 e. The second-order valence-corrected chi connectivity index (χ2v) is 5.06. The summed E-state index contributed by atoms with van der Waals surface area (Å²) in [5.41, 5.74) is 2.00. The fourth-order valence-corrected chi connectivity index (χ4v) is 2.56. The molecule has 0 spiro atoms. The van der Waals surface area contributed by atoms with Crippen molar-refractivity contribution < 1.29 is 9.53 Å². The Morgan fingerprint density at radius 1 is 1.19 bits per heavy atom. The van der Waals surface area contributed by atoms with Crippen molar-refractivity contribution in [3.63, 3.8) is 0 Å². The molecule has 0 unspecified atom stereocenters. The zero-order chi connectivity index (χ0) is 14.8. The Morgan fingerprint density at radius 3 is 2.76 bits per heavy atom. The molecule has 0 bridgehead atoms. The summed E-state index contributed by atoms with van der Waals surface area (Å²) in [5, 5.41) is 1.30. The Labute approximate surface area is 127 Å². The first-order valence-corrected chi connectivity index (χ1v) is 7.11. The molecule has 4 heteroatoms. The molecule has 3 nitrogen and oxygen atoms in total. The summed E-state index contributed by atoms with van der Waals surface area (Å²) in [5.74, 6) is 0.651. The Bertz CT molecular complexity index is 807. The molecule has 21 heavy (non-hydrogen) atoms. The summed E-state index contributed by atoms with van der Waals surface area (Å²) in [7, 11) is 0. The first-order valence-electron chi connectivity index (χ1n) is 6.74. The van der Waals surface area contributed by atoms with Crippen molar-refractivity contribution >= 4 is 28.3 Å². The Balaban J connectivity index is 2.10. The van der Waals surface area contributed by atoms with E-state index in [9.17, 15) is 4.79 Å². The minimum Gasteiger partial charge on any atom is -0.494 e. The van der Waals surface area contributed by atoms with Gasteiger partial charge in [0, 0.05) is 28.2 Å². The summed E-state index contributed by atoms with van der Waals surface area (Å²) in [6.45, 7) is 2.51. The molecule has 0 amide bonds. The summed E-state index contributed by atoms with van der Waals surface area (Å²) in [6, 6.07) is 12.7. The van der Waals surface area contributed by atoms with Crippen LogP contribution in [0.3, 0.4) is 0 Å². The lowest BCUT2D eigenvalue weighted by Crippen LogP contribution is -2.01. The third kappa shape index (κ3) is 2.52. The van der Waals surface area contributed by atoms with E-state index in [4.69, 9.17) is 16.3 Å². The highest BCUT2D eigenvalue weighted by atomic mass is 35.5. The van der Waals surface area contributed by atoms with Crippen LogP contribution in [0.1, 0.15) is 22.8 Å². The largest absolute Gasteiger partial charge is 0.494 e. The van der Waals surface area contributed by atoms with E-state index in [-0.39, 0.29) is 5.78 Å². The number of carbonyl (C=O) groups is 1. The van der Waals surface area contributed by atoms with Gasteiger partial charge in [0.05, 0.1) is 11.6 Å². The van der Waals surface area contributed by atoms with Crippen LogP contribution in [0.2, 0.25) is 5.02 Å². The molecule has 3 rings (SSSR count). The number of hydrogen-bond donors (Lipinski definition) is 1. The number of carbonyl (C=O) groups excluding carboxylic acids is 1. The highest BCUT2D eigenvalue weighted by molar-refractivity contribution is 6.35. The fraction of sp³-hybridized carbons (Fsp3) is 0.118. The lowest BCUT2D eigenvalue weighted by Gasteiger charge is -2.05. The van der Waals surface area contributed by atoms with Crippen molar-refractivity contribution in [1.29, 1.82) is 0 Å². The van der Waals surface area contributed by atoms with Gasteiger partial charge in [-0.05, 0) is 37.3 Å². The van der Waals surface area contributed by atoms with Crippen LogP contribution in [0.15, 0.2) is 48.7 Å². The predicted molar refractivity (Wildman–Crippen MR) is 84.4 cm³/mol. The fourth-order valence-electron chi connectivity index (χ4n) is 2.33. The van der Waals surface area contributed by atoms with Gasteiger partial charge < -0.3 is 9.72 Å². The highest BCUT2D eigenvalue weighted by Gasteiger charge is 2.16. The molecule has 1 heterocycles. The van der Waals surface area contributed by atoms with Crippen molar-refractivity contribution in [3.05, 3.63) is 64.8 Å². The van der Waals surface area contributed by atoms with Crippen molar-refractivity contribution in [2.45, 2.75) is 6.92 Å². The van der Waals surface area contributed by atoms with Crippen LogP contribution in [-0.2, 0) is 0 Å². The minimum atomic E-state index is -0.0968. The molecule has 2 aromatic carbocycles. The number of fused-ring (bicyclic) bond motifs is 1. The number of halogens is 1. The molecular weight excluding hydrogens is 286 g/mol. The number of ether oxygens (including phenoxy) is 1. The number of hydrogen-bond acceptors (Lipinski definition) is 2. The molecule has 0 saturated heterocycles. The molecule has 3 aromatic rings. The number of benzene rings is 2. The molecule has 0 aliphatic heterocycles. The first-order chi connectivity index (χ1) is 10.2. The molecule has 0 radical (unpaired) electrons. The van der Waals surface area contributed by atoms with Gasteiger partial charge in [-0.3, -0.25) is 4.79 Å². The zero-order valence-electron chi connectivity index (χ0n) is 11.5. The van der Waals surface area contributed by atoms with Crippen molar-refractivity contribution in [1.82, 2.24) is 4.98 Å². The van der Waals surface area contributed by atoms with Crippen LogP contribution in [0.4, 0.5) is 0 Å². The third-order valence-corrected chi connectivity index (χ3v) is 3.66. The first kappa shape index (κ1) is 13.7. The van der Waals surface area contributed by atoms with Gasteiger partial charge in [0.25, 0.3) is 0 Å². The highest BCUT2D eigenvalue weighted by Crippen LogP contribution is 2.27. The quantitative estimate of drug-likeness (QED) is 0.723. The van der Waals surface area contributed by atoms with E-state index in [1.54, 1.807) is 24.4 Å². The second-order valence-electron chi connectivity index (χ2n) is 4.65. The van der Waals surface area contributed by atoms with Crippen molar-refractivity contribution in [2.24, 2.45) is 0 Å². The van der Waals surface area contributed by atoms with Crippen LogP contribution in [0.25, 0.3) is 10.9 Å². The van der Waals surface area contributed by atoms with Crippen LogP contribution in [0, 0.1) is 0 Å². The van der Waals surface area contributed by atoms with E-state index in [0.29, 0.717) is 22.8 Å². The van der Waals surface area contributed by atoms with E-state index >= 15 is 0 Å². The van der Waals surface area contributed by atoms with E-state index in [2.05, 4.69) is 4.98 Å². The normalized spacial score (nSPS) is 10.8. The number of aromatic nitrogens is 1.